The smallest absolute Gasteiger partial charge is 0.170 e. The van der Waals surface area contributed by atoms with Crippen LogP contribution in [-0.2, 0) is 4.79 Å². The number of hydrogen-bond acceptors (Lipinski definition) is 2. The van der Waals surface area contributed by atoms with E-state index in [1.807, 2.05) is 6.92 Å². The minimum Gasteiger partial charge on any atom is -0.299 e. The molecule has 0 amide bonds. The minimum absolute atomic E-state index is 0.0910. The molecule has 3 heteroatoms. The molecule has 0 saturated heterocycles. The first-order valence-electron chi connectivity index (χ1n) is 4.94. The monoisotopic (exact) mass is 208 g/mol. The fourth-order valence-electron chi connectivity index (χ4n) is 1.31. The SMILES string of the molecule is CCCC(=O)CC(=O)c1cccc(F)c1. The van der Waals surface area contributed by atoms with Crippen LogP contribution in [0.25, 0.3) is 0 Å². The highest BCUT2D eigenvalue weighted by Gasteiger charge is 2.11. The highest BCUT2D eigenvalue weighted by Crippen LogP contribution is 2.08. The molecule has 80 valence electrons. The van der Waals surface area contributed by atoms with Crippen molar-refractivity contribution in [1.29, 1.82) is 0 Å². The van der Waals surface area contributed by atoms with Gasteiger partial charge in [-0.3, -0.25) is 9.59 Å². The van der Waals surface area contributed by atoms with E-state index in [0.29, 0.717) is 6.42 Å². The zero-order valence-corrected chi connectivity index (χ0v) is 8.63. The molecular weight excluding hydrogens is 195 g/mol. The van der Waals surface area contributed by atoms with Crippen LogP contribution in [0.2, 0.25) is 0 Å². The molecule has 0 bridgehead atoms. The van der Waals surface area contributed by atoms with Gasteiger partial charge in [-0.1, -0.05) is 19.1 Å². The number of ketones is 2. The van der Waals surface area contributed by atoms with E-state index in [0.717, 1.165) is 12.5 Å². The highest BCUT2D eigenvalue weighted by molar-refractivity contribution is 6.07. The maximum Gasteiger partial charge on any atom is 0.170 e. The van der Waals surface area contributed by atoms with Crippen molar-refractivity contribution in [1.82, 2.24) is 0 Å². The number of carbonyl (C=O) groups excluding carboxylic acids is 2. The third kappa shape index (κ3) is 3.62. The molecule has 0 radical (unpaired) electrons. The molecule has 1 aromatic rings. The van der Waals surface area contributed by atoms with Crippen LogP contribution in [0.15, 0.2) is 24.3 Å². The molecule has 0 heterocycles. The average molecular weight is 208 g/mol. The predicted octanol–water partition coefficient (Wildman–Crippen LogP) is 2.77. The molecule has 1 rings (SSSR count). The summed E-state index contributed by atoms with van der Waals surface area (Å²) < 4.78 is 12.8. The van der Waals surface area contributed by atoms with Gasteiger partial charge in [0.15, 0.2) is 5.78 Å². The van der Waals surface area contributed by atoms with Gasteiger partial charge in [-0.25, -0.2) is 4.39 Å². The zero-order chi connectivity index (χ0) is 11.3. The van der Waals surface area contributed by atoms with Crippen LogP contribution in [0.5, 0.6) is 0 Å². The van der Waals surface area contributed by atoms with E-state index in [4.69, 9.17) is 0 Å². The van der Waals surface area contributed by atoms with Crippen LogP contribution in [-0.4, -0.2) is 11.6 Å². The fourth-order valence-corrected chi connectivity index (χ4v) is 1.31. The summed E-state index contributed by atoms with van der Waals surface area (Å²) in [6, 6.07) is 5.41. The molecule has 1 aromatic carbocycles. The van der Waals surface area contributed by atoms with Gasteiger partial charge in [0.2, 0.25) is 0 Å². The van der Waals surface area contributed by atoms with Crippen molar-refractivity contribution in [3.8, 4) is 0 Å². The van der Waals surface area contributed by atoms with Gasteiger partial charge in [-0.05, 0) is 18.6 Å². The Morgan fingerprint density at radius 3 is 2.67 bits per heavy atom. The number of halogens is 1. The summed E-state index contributed by atoms with van der Waals surface area (Å²) in [6.45, 7) is 1.88. The summed E-state index contributed by atoms with van der Waals surface area (Å²) in [5.41, 5.74) is 0.263. The third-order valence-corrected chi connectivity index (χ3v) is 2.03. The molecule has 0 N–H and O–H groups in total. The highest BCUT2D eigenvalue weighted by atomic mass is 19.1. The van der Waals surface area contributed by atoms with Gasteiger partial charge in [0.05, 0.1) is 6.42 Å². The van der Waals surface area contributed by atoms with Gasteiger partial charge in [-0.2, -0.15) is 0 Å². The van der Waals surface area contributed by atoms with Crippen LogP contribution in [0.3, 0.4) is 0 Å². The molecule has 0 unspecified atom stereocenters. The van der Waals surface area contributed by atoms with Crippen LogP contribution >= 0.6 is 0 Å². The molecule has 0 fully saturated rings. The Morgan fingerprint density at radius 1 is 1.33 bits per heavy atom. The Kier molecular flexibility index (Phi) is 4.16. The Morgan fingerprint density at radius 2 is 2.07 bits per heavy atom. The Hall–Kier alpha value is -1.51. The van der Waals surface area contributed by atoms with E-state index in [-0.39, 0.29) is 23.6 Å². The van der Waals surface area contributed by atoms with Crippen molar-refractivity contribution in [2.24, 2.45) is 0 Å². The molecule has 0 aliphatic rings. The lowest BCUT2D eigenvalue weighted by atomic mass is 10.0. The molecule has 15 heavy (non-hydrogen) atoms. The number of rotatable bonds is 5. The molecule has 0 spiro atoms. The molecule has 0 atom stereocenters. The first-order valence-corrected chi connectivity index (χ1v) is 4.94. The molecular formula is C12H13FO2. The average Bonchev–Trinajstić information content (AvgIpc) is 2.18. The summed E-state index contributed by atoms with van der Waals surface area (Å²) in [4.78, 5) is 22.7. The molecule has 2 nitrogen and oxygen atoms in total. The maximum atomic E-state index is 12.8. The van der Waals surface area contributed by atoms with E-state index in [2.05, 4.69) is 0 Å². The van der Waals surface area contributed by atoms with Gasteiger partial charge in [0.25, 0.3) is 0 Å². The van der Waals surface area contributed by atoms with Crippen molar-refractivity contribution in [2.45, 2.75) is 26.2 Å². The van der Waals surface area contributed by atoms with Crippen LogP contribution in [0, 0.1) is 5.82 Å². The van der Waals surface area contributed by atoms with Crippen molar-refractivity contribution < 1.29 is 14.0 Å². The van der Waals surface area contributed by atoms with E-state index < -0.39 is 5.82 Å². The van der Waals surface area contributed by atoms with Crippen LogP contribution in [0.1, 0.15) is 36.5 Å². The first kappa shape index (κ1) is 11.6. The zero-order valence-electron chi connectivity index (χ0n) is 8.63. The standard InChI is InChI=1S/C12H13FO2/c1-2-4-11(14)8-12(15)9-5-3-6-10(13)7-9/h3,5-7H,2,4,8H2,1H3. The normalized spacial score (nSPS) is 10.0. The second-order valence-corrected chi connectivity index (χ2v) is 3.40. The lowest BCUT2D eigenvalue weighted by Gasteiger charge is -1.99. The molecule has 0 saturated carbocycles. The second kappa shape index (κ2) is 5.39. The lowest BCUT2D eigenvalue weighted by molar-refractivity contribution is -0.118. The van der Waals surface area contributed by atoms with E-state index >= 15 is 0 Å². The molecule has 0 aliphatic heterocycles. The maximum absolute atomic E-state index is 12.8. The topological polar surface area (TPSA) is 34.1 Å². The first-order chi connectivity index (χ1) is 7.13. The number of Topliss-reactive ketones (excluding diaryl/α,β-unsaturated/α-hetero) is 2. The van der Waals surface area contributed by atoms with Gasteiger partial charge in [0, 0.05) is 12.0 Å². The molecule has 0 aliphatic carbocycles. The van der Waals surface area contributed by atoms with Gasteiger partial charge < -0.3 is 0 Å². The number of hydrogen-bond donors (Lipinski definition) is 0. The van der Waals surface area contributed by atoms with Crippen molar-refractivity contribution in [3.05, 3.63) is 35.6 Å². The van der Waals surface area contributed by atoms with Gasteiger partial charge in [-0.15, -0.1) is 0 Å². The largest absolute Gasteiger partial charge is 0.299 e. The lowest BCUT2D eigenvalue weighted by Crippen LogP contribution is -2.07. The summed E-state index contributed by atoms with van der Waals surface area (Å²) >= 11 is 0. The van der Waals surface area contributed by atoms with Crippen LogP contribution in [0.4, 0.5) is 4.39 Å². The van der Waals surface area contributed by atoms with Crippen molar-refractivity contribution in [3.63, 3.8) is 0 Å². The third-order valence-electron chi connectivity index (χ3n) is 2.03. The summed E-state index contributed by atoms with van der Waals surface area (Å²) in [5, 5.41) is 0. The summed E-state index contributed by atoms with van der Waals surface area (Å²) in [6.07, 6.45) is 1.01. The Balaban J connectivity index is 2.65. The summed E-state index contributed by atoms with van der Waals surface area (Å²) in [7, 11) is 0. The van der Waals surface area contributed by atoms with Gasteiger partial charge >= 0.3 is 0 Å². The van der Waals surface area contributed by atoms with Gasteiger partial charge in [0.1, 0.15) is 11.6 Å². The van der Waals surface area contributed by atoms with Crippen LogP contribution < -0.4 is 0 Å². The van der Waals surface area contributed by atoms with E-state index in [1.165, 1.54) is 18.2 Å². The Labute approximate surface area is 88.1 Å². The minimum atomic E-state index is -0.455. The number of carbonyl (C=O) groups is 2. The van der Waals surface area contributed by atoms with E-state index in [9.17, 15) is 14.0 Å². The number of benzene rings is 1. The quantitative estimate of drug-likeness (QED) is 0.550. The Bertz CT molecular complexity index is 372. The van der Waals surface area contributed by atoms with E-state index in [1.54, 1.807) is 0 Å². The molecule has 0 aromatic heterocycles. The summed E-state index contributed by atoms with van der Waals surface area (Å²) in [5.74, 6) is -0.858. The second-order valence-electron chi connectivity index (χ2n) is 3.40. The van der Waals surface area contributed by atoms with Crippen molar-refractivity contribution in [2.75, 3.05) is 0 Å². The predicted molar refractivity (Wildman–Crippen MR) is 55.3 cm³/mol. The fraction of sp³-hybridized carbons (Fsp3) is 0.333. The van der Waals surface area contributed by atoms with Crippen molar-refractivity contribution >= 4 is 11.6 Å².